The van der Waals surface area contributed by atoms with E-state index in [-0.39, 0.29) is 30.1 Å². The van der Waals surface area contributed by atoms with Crippen LogP contribution in [-0.4, -0.2) is 99.6 Å². The second-order valence-electron chi connectivity index (χ2n) is 7.75. The van der Waals surface area contributed by atoms with Gasteiger partial charge in [0.1, 0.15) is 6.04 Å². The summed E-state index contributed by atoms with van der Waals surface area (Å²) in [4.78, 5) is 47.9. The van der Waals surface area contributed by atoms with E-state index in [2.05, 4.69) is 11.4 Å². The maximum Gasteiger partial charge on any atom is 0.414 e. The standard InChI is InChI=1S/C16H27N5O2.C2H2O4/c1-16(2,3)21-10-9-19(15(21)23)8-6-18-12-14(22)20-7-4-5-13(20)11-17;3-1(4)2(5)6/h13,18H,4-10,12H2,1-3H3;(H,3,4)(H,5,6). The van der Waals surface area contributed by atoms with Crippen molar-refractivity contribution in [2.45, 2.75) is 45.2 Å². The van der Waals surface area contributed by atoms with Crippen LogP contribution >= 0.6 is 0 Å². The van der Waals surface area contributed by atoms with Gasteiger partial charge in [0.2, 0.25) is 5.91 Å². The van der Waals surface area contributed by atoms with E-state index < -0.39 is 11.9 Å². The molecule has 0 aliphatic carbocycles. The number of aliphatic carboxylic acids is 2. The molecule has 0 aromatic carbocycles. The Hall–Kier alpha value is -2.87. The van der Waals surface area contributed by atoms with Crippen LogP contribution in [0.1, 0.15) is 33.6 Å². The summed E-state index contributed by atoms with van der Waals surface area (Å²) < 4.78 is 0. The molecule has 29 heavy (non-hydrogen) atoms. The zero-order chi connectivity index (χ0) is 22.2. The minimum absolute atomic E-state index is 0.0295. The van der Waals surface area contributed by atoms with Gasteiger partial charge in [0.15, 0.2) is 0 Å². The molecule has 3 N–H and O–H groups in total. The molecule has 2 rings (SSSR count). The fourth-order valence-electron chi connectivity index (χ4n) is 3.12. The SMILES string of the molecule is CC(C)(C)N1CCN(CCNCC(=O)N2CCCC2C#N)C1=O.O=C(O)C(=O)O. The molecule has 11 heteroatoms. The third-order valence-corrected chi connectivity index (χ3v) is 4.64. The number of hydrogen-bond acceptors (Lipinski definition) is 6. The number of hydrogen-bond donors (Lipinski definition) is 3. The lowest BCUT2D eigenvalue weighted by Crippen LogP contribution is -2.46. The van der Waals surface area contributed by atoms with Crippen molar-refractivity contribution in [1.29, 1.82) is 5.26 Å². The number of carboxylic acid groups (broad SMARTS) is 2. The fourth-order valence-corrected chi connectivity index (χ4v) is 3.12. The molecule has 0 saturated carbocycles. The molecule has 2 heterocycles. The molecule has 0 radical (unpaired) electrons. The van der Waals surface area contributed by atoms with Crippen LogP contribution in [0.25, 0.3) is 0 Å². The van der Waals surface area contributed by atoms with Crippen LogP contribution in [-0.2, 0) is 14.4 Å². The lowest BCUT2D eigenvalue weighted by Gasteiger charge is -2.31. The van der Waals surface area contributed by atoms with Gasteiger partial charge in [-0.3, -0.25) is 4.79 Å². The van der Waals surface area contributed by atoms with Gasteiger partial charge < -0.3 is 30.2 Å². The molecule has 162 valence electrons. The lowest BCUT2D eigenvalue weighted by molar-refractivity contribution is -0.159. The second kappa shape index (κ2) is 10.6. The predicted molar refractivity (Wildman–Crippen MR) is 102 cm³/mol. The molecule has 2 aliphatic rings. The molecular weight excluding hydrogens is 382 g/mol. The van der Waals surface area contributed by atoms with Gasteiger partial charge in [0, 0.05) is 38.3 Å². The largest absolute Gasteiger partial charge is 0.473 e. The summed E-state index contributed by atoms with van der Waals surface area (Å²) in [5.41, 5.74) is -0.155. The Labute approximate surface area is 169 Å². The highest BCUT2D eigenvalue weighted by molar-refractivity contribution is 6.27. The van der Waals surface area contributed by atoms with Crippen molar-refractivity contribution in [2.75, 3.05) is 39.3 Å². The predicted octanol–water partition coefficient (Wildman–Crippen LogP) is -0.218. The third kappa shape index (κ3) is 7.23. The molecule has 0 aromatic heterocycles. The van der Waals surface area contributed by atoms with Crippen molar-refractivity contribution in [2.24, 2.45) is 0 Å². The molecule has 2 fully saturated rings. The zero-order valence-electron chi connectivity index (χ0n) is 17.1. The fraction of sp³-hybridized carbons (Fsp3) is 0.722. The van der Waals surface area contributed by atoms with Crippen LogP contribution in [0.3, 0.4) is 0 Å². The average molecular weight is 411 g/mol. The van der Waals surface area contributed by atoms with Gasteiger partial charge >= 0.3 is 18.0 Å². The van der Waals surface area contributed by atoms with Gasteiger partial charge in [-0.15, -0.1) is 0 Å². The van der Waals surface area contributed by atoms with E-state index in [4.69, 9.17) is 25.1 Å². The van der Waals surface area contributed by atoms with Crippen molar-refractivity contribution in [1.82, 2.24) is 20.0 Å². The summed E-state index contributed by atoms with van der Waals surface area (Å²) >= 11 is 0. The van der Waals surface area contributed by atoms with E-state index in [0.717, 1.165) is 25.9 Å². The summed E-state index contributed by atoms with van der Waals surface area (Å²) in [7, 11) is 0. The molecule has 2 aliphatic heterocycles. The normalized spacial score (nSPS) is 18.9. The van der Waals surface area contributed by atoms with Gasteiger partial charge in [-0.05, 0) is 33.6 Å². The smallest absolute Gasteiger partial charge is 0.414 e. The van der Waals surface area contributed by atoms with E-state index in [1.165, 1.54) is 0 Å². The Morgan fingerprint density at radius 2 is 1.79 bits per heavy atom. The van der Waals surface area contributed by atoms with Gasteiger partial charge in [0.05, 0.1) is 12.6 Å². The zero-order valence-corrected chi connectivity index (χ0v) is 17.1. The van der Waals surface area contributed by atoms with Gasteiger partial charge in [-0.25, -0.2) is 14.4 Å². The molecule has 3 amide bonds. The second-order valence-corrected chi connectivity index (χ2v) is 7.75. The molecule has 2 saturated heterocycles. The Morgan fingerprint density at radius 3 is 2.28 bits per heavy atom. The Kier molecular flexibility index (Phi) is 8.85. The minimum Gasteiger partial charge on any atom is -0.473 e. The number of nitrogens with zero attached hydrogens (tertiary/aromatic N) is 4. The first-order chi connectivity index (χ1) is 13.5. The van der Waals surface area contributed by atoms with E-state index in [9.17, 15) is 9.59 Å². The van der Waals surface area contributed by atoms with Crippen molar-refractivity contribution in [3.63, 3.8) is 0 Å². The van der Waals surface area contributed by atoms with Crippen molar-refractivity contribution in [3.05, 3.63) is 0 Å². The van der Waals surface area contributed by atoms with Crippen LogP contribution in [0, 0.1) is 11.3 Å². The van der Waals surface area contributed by atoms with E-state index >= 15 is 0 Å². The number of carboxylic acids is 2. The number of rotatable bonds is 5. The quantitative estimate of drug-likeness (QED) is 0.414. The molecule has 1 atom stereocenters. The van der Waals surface area contributed by atoms with Crippen molar-refractivity contribution in [3.8, 4) is 6.07 Å². The molecule has 0 bridgehead atoms. The molecular formula is C18H29N5O6. The summed E-state index contributed by atoms with van der Waals surface area (Å²) in [5.74, 6) is -3.68. The van der Waals surface area contributed by atoms with Crippen molar-refractivity contribution < 1.29 is 29.4 Å². The monoisotopic (exact) mass is 411 g/mol. The van der Waals surface area contributed by atoms with Crippen LogP contribution in [0.4, 0.5) is 4.79 Å². The highest BCUT2D eigenvalue weighted by atomic mass is 16.4. The Balaban J connectivity index is 0.000000612. The number of likely N-dealkylation sites (tertiary alicyclic amines) is 1. The summed E-state index contributed by atoms with van der Waals surface area (Å²) in [6.07, 6.45) is 1.67. The highest BCUT2D eigenvalue weighted by Crippen LogP contribution is 2.20. The Morgan fingerprint density at radius 1 is 1.17 bits per heavy atom. The average Bonchev–Trinajstić information content (AvgIpc) is 3.25. The number of amides is 3. The van der Waals surface area contributed by atoms with Crippen LogP contribution in [0.2, 0.25) is 0 Å². The minimum atomic E-state index is -1.82. The number of carbonyl (C=O) groups excluding carboxylic acids is 2. The van der Waals surface area contributed by atoms with E-state index in [0.29, 0.717) is 19.6 Å². The van der Waals surface area contributed by atoms with Crippen LogP contribution < -0.4 is 5.32 Å². The maximum absolute atomic E-state index is 12.3. The van der Waals surface area contributed by atoms with E-state index in [1.807, 2.05) is 30.6 Å². The Bertz CT molecular complexity index is 657. The van der Waals surface area contributed by atoms with E-state index in [1.54, 1.807) is 4.90 Å². The molecule has 11 nitrogen and oxygen atoms in total. The lowest BCUT2D eigenvalue weighted by atomic mass is 10.1. The topological polar surface area (TPSA) is 154 Å². The molecule has 0 spiro atoms. The first kappa shape index (κ1) is 24.2. The third-order valence-electron chi connectivity index (χ3n) is 4.64. The van der Waals surface area contributed by atoms with Crippen molar-refractivity contribution >= 4 is 23.9 Å². The molecule has 1 unspecified atom stereocenters. The number of urea groups is 1. The van der Waals surface area contributed by atoms with Crippen LogP contribution in [0.15, 0.2) is 0 Å². The number of nitriles is 1. The summed E-state index contributed by atoms with van der Waals surface area (Å²) in [6.45, 7) is 9.66. The first-order valence-electron chi connectivity index (χ1n) is 9.41. The van der Waals surface area contributed by atoms with Crippen LogP contribution in [0.5, 0.6) is 0 Å². The van der Waals surface area contributed by atoms with Gasteiger partial charge in [0.25, 0.3) is 0 Å². The summed E-state index contributed by atoms with van der Waals surface area (Å²) in [5, 5.41) is 26.9. The van der Waals surface area contributed by atoms with Gasteiger partial charge in [-0.2, -0.15) is 5.26 Å². The van der Waals surface area contributed by atoms with Gasteiger partial charge in [-0.1, -0.05) is 0 Å². The maximum atomic E-state index is 12.3. The number of carbonyl (C=O) groups is 4. The number of nitrogens with one attached hydrogen (secondary N) is 1. The molecule has 0 aromatic rings. The highest BCUT2D eigenvalue weighted by Gasteiger charge is 2.35. The summed E-state index contributed by atoms with van der Waals surface area (Å²) in [6, 6.07) is 1.96. The first-order valence-corrected chi connectivity index (χ1v) is 9.41.